The molecule has 0 amide bonds. The Morgan fingerprint density at radius 1 is 1.05 bits per heavy atom. The Balaban J connectivity index is 2.05. The number of aromatic nitrogens is 1. The van der Waals surface area contributed by atoms with Gasteiger partial charge in [0, 0.05) is 16.0 Å². The predicted molar refractivity (Wildman–Crippen MR) is 83.1 cm³/mol. The van der Waals surface area contributed by atoms with Crippen LogP contribution in [0.2, 0.25) is 0 Å². The molecule has 0 bridgehead atoms. The largest absolute Gasteiger partial charge is 0.493 e. The van der Waals surface area contributed by atoms with E-state index in [1.165, 1.54) is 0 Å². The molecule has 0 aliphatic carbocycles. The zero-order chi connectivity index (χ0) is 14.8. The Bertz CT molecular complexity index is 747. The molecule has 1 aromatic carbocycles. The van der Waals surface area contributed by atoms with Gasteiger partial charge < -0.3 is 13.9 Å². The molecule has 0 atom stereocenters. The molecule has 21 heavy (non-hydrogen) atoms. The van der Waals surface area contributed by atoms with Gasteiger partial charge in [-0.3, -0.25) is 0 Å². The van der Waals surface area contributed by atoms with Crippen molar-refractivity contribution in [2.24, 2.45) is 0 Å². The van der Waals surface area contributed by atoms with Crippen molar-refractivity contribution in [3.8, 4) is 33.3 Å². The zero-order valence-corrected chi connectivity index (χ0v) is 12.9. The van der Waals surface area contributed by atoms with Gasteiger partial charge in [-0.2, -0.15) is 0 Å². The molecule has 0 spiro atoms. The maximum absolute atomic E-state index is 5.35. The molecule has 0 fully saturated rings. The average Bonchev–Trinajstić information content (AvgIpc) is 3.15. The van der Waals surface area contributed by atoms with E-state index in [1.54, 1.807) is 38.1 Å². The molecular weight excluding hydrogens is 286 g/mol. The van der Waals surface area contributed by atoms with E-state index in [0.717, 1.165) is 26.7 Å². The predicted octanol–water partition coefficient (Wildman–Crippen LogP) is 4.40. The lowest BCUT2D eigenvalue weighted by Gasteiger charge is -2.08. The van der Waals surface area contributed by atoms with Crippen LogP contribution in [0.15, 0.2) is 41.2 Å². The Hall–Kier alpha value is -2.27. The first-order chi connectivity index (χ1) is 10.2. The molecule has 0 saturated heterocycles. The second-order valence-corrected chi connectivity index (χ2v) is 5.71. The Labute approximate surface area is 127 Å². The van der Waals surface area contributed by atoms with E-state index in [9.17, 15) is 0 Å². The number of nitrogens with zero attached hydrogens (tertiary/aromatic N) is 1. The fourth-order valence-corrected chi connectivity index (χ4v) is 3.08. The maximum atomic E-state index is 5.35. The van der Waals surface area contributed by atoms with Gasteiger partial charge in [-0.1, -0.05) is 0 Å². The quantitative estimate of drug-likeness (QED) is 0.716. The topological polar surface area (TPSA) is 44.5 Å². The third-order valence-corrected chi connectivity index (χ3v) is 4.24. The molecule has 2 aromatic heterocycles. The van der Waals surface area contributed by atoms with Crippen molar-refractivity contribution >= 4 is 11.3 Å². The van der Waals surface area contributed by atoms with Crippen LogP contribution in [-0.4, -0.2) is 19.2 Å². The average molecular weight is 301 g/mol. The molecule has 108 valence electrons. The molecule has 0 aliphatic heterocycles. The van der Waals surface area contributed by atoms with Crippen LogP contribution in [0.25, 0.3) is 21.8 Å². The van der Waals surface area contributed by atoms with Crippen molar-refractivity contribution in [1.82, 2.24) is 4.98 Å². The number of aryl methyl sites for hydroxylation is 1. The molecule has 5 heteroatoms. The third-order valence-electron chi connectivity index (χ3n) is 3.22. The lowest BCUT2D eigenvalue weighted by atomic mass is 10.1. The van der Waals surface area contributed by atoms with Gasteiger partial charge in [0.1, 0.15) is 11.3 Å². The minimum Gasteiger partial charge on any atom is -0.493 e. The molecule has 3 rings (SSSR count). The standard InChI is InChI=1S/C16H15NO3S/c1-10-15(17-16(21-10)12-6-7-20-9-12)11-4-5-13(18-2)14(8-11)19-3/h4-9H,1-3H3. The molecule has 0 aliphatic rings. The number of ether oxygens (including phenoxy) is 2. The fourth-order valence-electron chi connectivity index (χ4n) is 2.16. The molecule has 3 aromatic rings. The second-order valence-electron chi connectivity index (χ2n) is 4.51. The molecule has 0 radical (unpaired) electrons. The highest BCUT2D eigenvalue weighted by Gasteiger charge is 2.14. The van der Waals surface area contributed by atoms with Crippen molar-refractivity contribution in [3.05, 3.63) is 41.7 Å². The summed E-state index contributed by atoms with van der Waals surface area (Å²) < 4.78 is 15.7. The first-order valence-corrected chi connectivity index (χ1v) is 7.27. The highest BCUT2D eigenvalue weighted by Crippen LogP contribution is 2.37. The minimum atomic E-state index is 0.701. The summed E-state index contributed by atoms with van der Waals surface area (Å²) >= 11 is 1.65. The van der Waals surface area contributed by atoms with Crippen molar-refractivity contribution in [2.45, 2.75) is 6.92 Å². The van der Waals surface area contributed by atoms with Crippen LogP contribution >= 0.6 is 11.3 Å². The van der Waals surface area contributed by atoms with Crippen LogP contribution in [0.5, 0.6) is 11.5 Å². The number of hydrogen-bond acceptors (Lipinski definition) is 5. The van der Waals surface area contributed by atoms with Crippen LogP contribution in [0.1, 0.15) is 4.88 Å². The minimum absolute atomic E-state index is 0.701. The fraction of sp³-hybridized carbons (Fsp3) is 0.188. The second kappa shape index (κ2) is 5.61. The Morgan fingerprint density at radius 3 is 2.52 bits per heavy atom. The van der Waals surface area contributed by atoms with Crippen LogP contribution in [-0.2, 0) is 0 Å². The first-order valence-electron chi connectivity index (χ1n) is 6.45. The number of thiazole rings is 1. The van der Waals surface area contributed by atoms with E-state index in [0.29, 0.717) is 11.5 Å². The summed E-state index contributed by atoms with van der Waals surface area (Å²) in [6.07, 6.45) is 3.36. The number of methoxy groups -OCH3 is 2. The van der Waals surface area contributed by atoms with Gasteiger partial charge in [-0.15, -0.1) is 11.3 Å². The summed E-state index contributed by atoms with van der Waals surface area (Å²) in [5.74, 6) is 1.41. The third kappa shape index (κ3) is 2.52. The monoisotopic (exact) mass is 301 g/mol. The summed E-state index contributed by atoms with van der Waals surface area (Å²) in [7, 11) is 3.26. The van der Waals surface area contributed by atoms with Gasteiger partial charge in [0.2, 0.25) is 0 Å². The maximum Gasteiger partial charge on any atom is 0.161 e. The molecule has 4 nitrogen and oxygen atoms in total. The van der Waals surface area contributed by atoms with Gasteiger partial charge >= 0.3 is 0 Å². The molecule has 0 N–H and O–H groups in total. The number of hydrogen-bond donors (Lipinski definition) is 0. The lowest BCUT2D eigenvalue weighted by molar-refractivity contribution is 0.355. The highest BCUT2D eigenvalue weighted by atomic mass is 32.1. The van der Waals surface area contributed by atoms with Gasteiger partial charge in [-0.05, 0) is 31.2 Å². The summed E-state index contributed by atoms with van der Waals surface area (Å²) in [6, 6.07) is 7.74. The van der Waals surface area contributed by atoms with E-state index >= 15 is 0 Å². The summed E-state index contributed by atoms with van der Waals surface area (Å²) in [5.41, 5.74) is 2.96. The zero-order valence-electron chi connectivity index (χ0n) is 12.0. The molecule has 2 heterocycles. The van der Waals surface area contributed by atoms with Crippen LogP contribution in [0.4, 0.5) is 0 Å². The number of furan rings is 1. The van der Waals surface area contributed by atoms with E-state index in [4.69, 9.17) is 18.9 Å². The van der Waals surface area contributed by atoms with Gasteiger partial charge in [0.15, 0.2) is 11.5 Å². The number of benzene rings is 1. The van der Waals surface area contributed by atoms with Gasteiger partial charge in [0.05, 0.1) is 26.2 Å². The van der Waals surface area contributed by atoms with Crippen LogP contribution in [0, 0.1) is 6.92 Å². The molecule has 0 saturated carbocycles. The van der Waals surface area contributed by atoms with E-state index < -0.39 is 0 Å². The molecular formula is C16H15NO3S. The normalized spacial score (nSPS) is 10.6. The van der Waals surface area contributed by atoms with E-state index in [2.05, 4.69) is 6.92 Å². The SMILES string of the molecule is COc1ccc(-c2nc(-c3ccoc3)sc2C)cc1OC. The van der Waals surface area contributed by atoms with E-state index in [-0.39, 0.29) is 0 Å². The van der Waals surface area contributed by atoms with Crippen molar-refractivity contribution < 1.29 is 13.9 Å². The highest BCUT2D eigenvalue weighted by molar-refractivity contribution is 7.15. The summed E-state index contributed by atoms with van der Waals surface area (Å²) in [5, 5.41) is 0.950. The summed E-state index contributed by atoms with van der Waals surface area (Å²) in [4.78, 5) is 5.87. The van der Waals surface area contributed by atoms with Crippen molar-refractivity contribution in [3.63, 3.8) is 0 Å². The van der Waals surface area contributed by atoms with Crippen LogP contribution < -0.4 is 9.47 Å². The Morgan fingerprint density at radius 2 is 1.86 bits per heavy atom. The smallest absolute Gasteiger partial charge is 0.161 e. The lowest BCUT2D eigenvalue weighted by Crippen LogP contribution is -1.91. The first kappa shape index (κ1) is 13.7. The van der Waals surface area contributed by atoms with Gasteiger partial charge in [-0.25, -0.2) is 4.98 Å². The number of rotatable bonds is 4. The van der Waals surface area contributed by atoms with Crippen molar-refractivity contribution in [2.75, 3.05) is 14.2 Å². The van der Waals surface area contributed by atoms with Crippen LogP contribution in [0.3, 0.4) is 0 Å². The Kier molecular flexibility index (Phi) is 3.66. The van der Waals surface area contributed by atoms with Crippen molar-refractivity contribution in [1.29, 1.82) is 0 Å². The summed E-state index contributed by atoms with van der Waals surface area (Å²) in [6.45, 7) is 2.06. The van der Waals surface area contributed by atoms with E-state index in [1.807, 2.05) is 24.3 Å². The molecule has 0 unspecified atom stereocenters. The van der Waals surface area contributed by atoms with Gasteiger partial charge in [0.25, 0.3) is 0 Å².